The number of carbonyl (C=O) groups is 1. The predicted octanol–water partition coefficient (Wildman–Crippen LogP) is 6.37. The average Bonchev–Trinajstić information content (AvgIpc) is 3.30. The standard InChI is InChI=1S/C32H36N2O4S/c1-7-17-37-26-14-15-27-29(20-26)39-32(22-10-12-25(13-11-22)38-18-16-33(2)3)30(27)31(35)23-8-9-24(21-34(4)5)28(19-23)36-6/h7-15,19-20H,1,16-18,21H2,2-6H3. The van der Waals surface area contributed by atoms with Crippen LogP contribution >= 0.6 is 11.3 Å². The van der Waals surface area contributed by atoms with Crippen LogP contribution in [0.15, 0.2) is 73.3 Å². The molecule has 0 radical (unpaired) electrons. The fraction of sp³-hybridized carbons (Fsp3) is 0.281. The quantitative estimate of drug-likeness (QED) is 0.144. The van der Waals surface area contributed by atoms with Crippen molar-refractivity contribution >= 4 is 27.2 Å². The summed E-state index contributed by atoms with van der Waals surface area (Å²) in [5.41, 5.74) is 3.26. The van der Waals surface area contributed by atoms with E-state index in [4.69, 9.17) is 14.2 Å². The van der Waals surface area contributed by atoms with Gasteiger partial charge < -0.3 is 24.0 Å². The van der Waals surface area contributed by atoms with E-state index in [2.05, 4.69) is 16.4 Å². The largest absolute Gasteiger partial charge is 0.496 e. The van der Waals surface area contributed by atoms with Gasteiger partial charge in [-0.05, 0) is 82.3 Å². The highest BCUT2D eigenvalue weighted by atomic mass is 32.1. The minimum Gasteiger partial charge on any atom is -0.496 e. The van der Waals surface area contributed by atoms with Gasteiger partial charge in [0.1, 0.15) is 30.5 Å². The zero-order valence-electron chi connectivity index (χ0n) is 23.3. The van der Waals surface area contributed by atoms with E-state index in [9.17, 15) is 4.79 Å². The summed E-state index contributed by atoms with van der Waals surface area (Å²) in [6.07, 6.45) is 1.72. The number of hydrogen-bond donors (Lipinski definition) is 0. The van der Waals surface area contributed by atoms with Crippen molar-refractivity contribution in [2.75, 3.05) is 55.1 Å². The van der Waals surface area contributed by atoms with Crippen LogP contribution < -0.4 is 14.2 Å². The lowest BCUT2D eigenvalue weighted by Gasteiger charge is -2.15. The Labute approximate surface area is 235 Å². The molecule has 7 heteroatoms. The molecule has 0 atom stereocenters. The van der Waals surface area contributed by atoms with E-state index >= 15 is 0 Å². The monoisotopic (exact) mass is 544 g/mol. The van der Waals surface area contributed by atoms with Crippen LogP contribution in [-0.4, -0.2) is 70.6 Å². The van der Waals surface area contributed by atoms with E-state index in [1.54, 1.807) is 24.5 Å². The molecule has 1 aromatic heterocycles. The van der Waals surface area contributed by atoms with Crippen LogP contribution in [-0.2, 0) is 6.54 Å². The van der Waals surface area contributed by atoms with Gasteiger partial charge in [0.2, 0.25) is 0 Å². The zero-order chi connectivity index (χ0) is 27.9. The van der Waals surface area contributed by atoms with E-state index in [1.165, 1.54) is 0 Å². The third-order valence-corrected chi connectivity index (χ3v) is 7.42. The second kappa shape index (κ2) is 12.9. The molecule has 39 heavy (non-hydrogen) atoms. The number of rotatable bonds is 13. The number of benzene rings is 3. The molecule has 0 aliphatic heterocycles. The van der Waals surface area contributed by atoms with Crippen LogP contribution in [0.4, 0.5) is 0 Å². The van der Waals surface area contributed by atoms with Gasteiger partial charge in [-0.15, -0.1) is 11.3 Å². The molecule has 0 N–H and O–H groups in total. The van der Waals surface area contributed by atoms with Crippen LogP contribution in [0.5, 0.6) is 17.2 Å². The molecule has 3 aromatic carbocycles. The molecule has 0 bridgehead atoms. The Kier molecular flexibility index (Phi) is 9.41. The second-order valence-electron chi connectivity index (χ2n) is 9.83. The molecule has 0 spiro atoms. The molecule has 0 fully saturated rings. The van der Waals surface area contributed by atoms with E-state index in [1.807, 2.05) is 88.9 Å². The fourth-order valence-electron chi connectivity index (χ4n) is 4.30. The molecule has 0 saturated carbocycles. The summed E-state index contributed by atoms with van der Waals surface area (Å²) in [5, 5.41) is 0.897. The van der Waals surface area contributed by atoms with Crippen molar-refractivity contribution < 1.29 is 19.0 Å². The van der Waals surface area contributed by atoms with Crippen LogP contribution in [0.1, 0.15) is 21.5 Å². The Morgan fingerprint density at radius 1 is 0.923 bits per heavy atom. The third-order valence-electron chi connectivity index (χ3n) is 6.22. The van der Waals surface area contributed by atoms with Crippen molar-refractivity contribution in [1.82, 2.24) is 9.80 Å². The molecule has 4 rings (SSSR count). The number of methoxy groups -OCH3 is 1. The Balaban J connectivity index is 1.76. The highest BCUT2D eigenvalue weighted by Gasteiger charge is 2.23. The van der Waals surface area contributed by atoms with Crippen molar-refractivity contribution in [3.05, 3.63) is 90.0 Å². The minimum atomic E-state index is -0.0444. The number of carbonyl (C=O) groups excluding carboxylic acids is 1. The van der Waals surface area contributed by atoms with Crippen molar-refractivity contribution in [2.24, 2.45) is 0 Å². The number of likely N-dealkylation sites (N-methyl/N-ethyl adjacent to an activating group) is 1. The molecule has 0 saturated heterocycles. The van der Waals surface area contributed by atoms with Crippen molar-refractivity contribution in [1.29, 1.82) is 0 Å². The molecular formula is C32H36N2O4S. The van der Waals surface area contributed by atoms with Crippen molar-refractivity contribution in [2.45, 2.75) is 6.54 Å². The molecule has 1 heterocycles. The van der Waals surface area contributed by atoms with Gasteiger partial charge in [-0.25, -0.2) is 0 Å². The van der Waals surface area contributed by atoms with Crippen molar-refractivity contribution in [3.8, 4) is 27.7 Å². The zero-order valence-corrected chi connectivity index (χ0v) is 24.1. The maximum Gasteiger partial charge on any atom is 0.195 e. The van der Waals surface area contributed by atoms with Crippen LogP contribution in [0, 0.1) is 0 Å². The topological polar surface area (TPSA) is 51.2 Å². The molecule has 0 unspecified atom stereocenters. The smallest absolute Gasteiger partial charge is 0.195 e. The van der Waals surface area contributed by atoms with E-state index in [0.717, 1.165) is 50.7 Å². The Bertz CT molecular complexity index is 1440. The van der Waals surface area contributed by atoms with E-state index in [-0.39, 0.29) is 5.78 Å². The molecule has 204 valence electrons. The van der Waals surface area contributed by atoms with Crippen molar-refractivity contribution in [3.63, 3.8) is 0 Å². The normalized spacial score (nSPS) is 11.3. The summed E-state index contributed by atoms with van der Waals surface area (Å²) < 4.78 is 18.3. The third kappa shape index (κ3) is 6.87. The lowest BCUT2D eigenvalue weighted by atomic mass is 9.96. The Morgan fingerprint density at radius 2 is 1.67 bits per heavy atom. The molecule has 6 nitrogen and oxygen atoms in total. The van der Waals surface area contributed by atoms with Gasteiger partial charge in [-0.1, -0.05) is 24.8 Å². The summed E-state index contributed by atoms with van der Waals surface area (Å²) in [6.45, 7) is 6.32. The first kappa shape index (κ1) is 28.4. The first-order valence-corrected chi connectivity index (χ1v) is 13.7. The predicted molar refractivity (Wildman–Crippen MR) is 161 cm³/mol. The first-order chi connectivity index (χ1) is 18.8. The summed E-state index contributed by atoms with van der Waals surface area (Å²) in [7, 11) is 9.69. The van der Waals surface area contributed by atoms with Gasteiger partial charge in [0, 0.05) is 44.7 Å². The number of ketones is 1. The number of fused-ring (bicyclic) bond motifs is 1. The number of ether oxygens (including phenoxy) is 3. The fourth-order valence-corrected chi connectivity index (χ4v) is 5.53. The maximum atomic E-state index is 14.1. The summed E-state index contributed by atoms with van der Waals surface area (Å²) in [6, 6.07) is 19.5. The minimum absolute atomic E-state index is 0.0444. The van der Waals surface area contributed by atoms with E-state index in [0.29, 0.717) is 30.1 Å². The van der Waals surface area contributed by atoms with Gasteiger partial charge in [0.25, 0.3) is 0 Å². The number of thiophene rings is 1. The van der Waals surface area contributed by atoms with Crippen LogP contribution in [0.2, 0.25) is 0 Å². The number of hydrogen-bond acceptors (Lipinski definition) is 7. The molecule has 0 aliphatic rings. The molecule has 0 aliphatic carbocycles. The van der Waals surface area contributed by atoms with Gasteiger partial charge in [0.15, 0.2) is 5.78 Å². The maximum absolute atomic E-state index is 14.1. The van der Waals surface area contributed by atoms with Crippen LogP contribution in [0.3, 0.4) is 0 Å². The molecule has 4 aromatic rings. The Hall–Kier alpha value is -3.65. The van der Waals surface area contributed by atoms with Gasteiger partial charge in [0.05, 0.1) is 7.11 Å². The van der Waals surface area contributed by atoms with Gasteiger partial charge in [-0.3, -0.25) is 4.79 Å². The lowest BCUT2D eigenvalue weighted by molar-refractivity contribution is 0.104. The van der Waals surface area contributed by atoms with Gasteiger partial charge >= 0.3 is 0 Å². The molecule has 0 amide bonds. The lowest BCUT2D eigenvalue weighted by Crippen LogP contribution is -2.19. The first-order valence-electron chi connectivity index (χ1n) is 12.8. The van der Waals surface area contributed by atoms with Gasteiger partial charge in [-0.2, -0.15) is 0 Å². The summed E-state index contributed by atoms with van der Waals surface area (Å²) >= 11 is 1.58. The number of nitrogens with zero attached hydrogens (tertiary/aromatic N) is 2. The summed E-state index contributed by atoms with van der Waals surface area (Å²) in [5.74, 6) is 2.21. The average molecular weight is 545 g/mol. The summed E-state index contributed by atoms with van der Waals surface area (Å²) in [4.78, 5) is 19.2. The van der Waals surface area contributed by atoms with E-state index < -0.39 is 0 Å². The highest BCUT2D eigenvalue weighted by Crippen LogP contribution is 2.42. The highest BCUT2D eigenvalue weighted by molar-refractivity contribution is 7.22. The van der Waals surface area contributed by atoms with Crippen LogP contribution in [0.25, 0.3) is 20.5 Å². The second-order valence-corrected chi connectivity index (χ2v) is 10.9. The molecular weight excluding hydrogens is 508 g/mol. The Morgan fingerprint density at radius 3 is 2.33 bits per heavy atom. The SMILES string of the molecule is C=CCOc1ccc2c(C(=O)c3ccc(CN(C)C)c(OC)c3)c(-c3ccc(OCCN(C)C)cc3)sc2c1.